The van der Waals surface area contributed by atoms with Crippen LogP contribution in [0.5, 0.6) is 0 Å². The fourth-order valence-corrected chi connectivity index (χ4v) is 5.21. The molecule has 2 aliphatic carbocycles. The third kappa shape index (κ3) is 3.05. The van der Waals surface area contributed by atoms with E-state index in [2.05, 4.69) is 33.1 Å². The molecule has 1 saturated heterocycles. The molecule has 0 spiro atoms. The highest BCUT2D eigenvalue weighted by Crippen LogP contribution is 2.62. The molecule has 3 aliphatic rings. The number of nitrogens with zero attached hydrogens (tertiary/aromatic N) is 1. The average molecular weight is 309 g/mol. The second-order valence-corrected chi connectivity index (χ2v) is 9.23. The van der Waals surface area contributed by atoms with Gasteiger partial charge in [-0.15, -0.1) is 0 Å². The first kappa shape index (κ1) is 16.3. The van der Waals surface area contributed by atoms with Crippen LogP contribution in [0.15, 0.2) is 0 Å². The lowest BCUT2D eigenvalue weighted by molar-refractivity contribution is -0.916. The molecule has 3 fully saturated rings. The lowest BCUT2D eigenvalue weighted by atomic mass is 9.70. The summed E-state index contributed by atoms with van der Waals surface area (Å²) in [6, 6.07) is 0.396. The van der Waals surface area contributed by atoms with Gasteiger partial charge in [0.15, 0.2) is 0 Å². The van der Waals surface area contributed by atoms with Crippen molar-refractivity contribution in [2.45, 2.75) is 52.5 Å². The summed E-state index contributed by atoms with van der Waals surface area (Å²) >= 11 is 0. The van der Waals surface area contributed by atoms with Crippen LogP contribution in [-0.2, 0) is 9.53 Å². The third-order valence-electron chi connectivity index (χ3n) is 6.80. The SMILES string of the molecule is CC1(C)C[C@@]2(C)C[C@H]1C[C@H]2NC(=O)CC[N+]1(C)CCOCC1. The first-order valence-corrected chi connectivity index (χ1v) is 8.93. The summed E-state index contributed by atoms with van der Waals surface area (Å²) in [6.07, 6.45) is 4.36. The van der Waals surface area contributed by atoms with Crippen LogP contribution < -0.4 is 5.32 Å². The van der Waals surface area contributed by atoms with Crippen molar-refractivity contribution in [1.29, 1.82) is 0 Å². The predicted molar refractivity (Wildman–Crippen MR) is 87.4 cm³/mol. The van der Waals surface area contributed by atoms with Crippen molar-refractivity contribution < 1.29 is 14.0 Å². The number of amides is 1. The molecule has 0 aromatic rings. The Hall–Kier alpha value is -0.610. The summed E-state index contributed by atoms with van der Waals surface area (Å²) in [5, 5.41) is 3.37. The molecule has 0 radical (unpaired) electrons. The smallest absolute Gasteiger partial charge is 0.225 e. The minimum absolute atomic E-state index is 0.252. The first-order valence-electron chi connectivity index (χ1n) is 8.93. The lowest BCUT2D eigenvalue weighted by Gasteiger charge is -2.40. The van der Waals surface area contributed by atoms with Gasteiger partial charge in [0.1, 0.15) is 13.1 Å². The largest absolute Gasteiger partial charge is 0.370 e. The van der Waals surface area contributed by atoms with Crippen molar-refractivity contribution in [1.82, 2.24) is 5.32 Å². The number of nitrogens with one attached hydrogen (secondary N) is 1. The van der Waals surface area contributed by atoms with Gasteiger partial charge in [-0.25, -0.2) is 0 Å². The topological polar surface area (TPSA) is 38.3 Å². The lowest BCUT2D eigenvalue weighted by Crippen LogP contribution is -2.54. The molecule has 22 heavy (non-hydrogen) atoms. The van der Waals surface area contributed by atoms with E-state index in [-0.39, 0.29) is 5.91 Å². The molecule has 0 aromatic heterocycles. The van der Waals surface area contributed by atoms with E-state index in [4.69, 9.17) is 4.74 Å². The summed E-state index contributed by atoms with van der Waals surface area (Å²) in [7, 11) is 2.25. The first-order chi connectivity index (χ1) is 10.2. The number of likely N-dealkylation sites (N-methyl/N-ethyl adjacent to an activating group) is 1. The van der Waals surface area contributed by atoms with Gasteiger partial charge in [0.25, 0.3) is 0 Å². The number of quaternary nitrogens is 1. The Kier molecular flexibility index (Phi) is 4.05. The van der Waals surface area contributed by atoms with E-state index in [9.17, 15) is 4.79 Å². The number of fused-ring (bicyclic) bond motifs is 2. The number of rotatable bonds is 4. The van der Waals surface area contributed by atoms with E-state index >= 15 is 0 Å². The average Bonchev–Trinajstić information content (AvgIpc) is 2.86. The van der Waals surface area contributed by atoms with Crippen molar-refractivity contribution >= 4 is 5.91 Å². The van der Waals surface area contributed by atoms with Crippen LogP contribution >= 0.6 is 0 Å². The molecule has 0 unspecified atom stereocenters. The number of hydrogen-bond donors (Lipinski definition) is 1. The summed E-state index contributed by atoms with van der Waals surface area (Å²) in [6.45, 7) is 11.8. The van der Waals surface area contributed by atoms with Crippen molar-refractivity contribution in [2.75, 3.05) is 39.9 Å². The van der Waals surface area contributed by atoms with E-state index < -0.39 is 0 Å². The maximum atomic E-state index is 12.4. The maximum Gasteiger partial charge on any atom is 0.225 e. The molecular formula is C18H33N2O2+. The predicted octanol–water partition coefficient (Wildman–Crippen LogP) is 2.18. The number of hydrogen-bond acceptors (Lipinski definition) is 2. The Labute approximate surface area is 135 Å². The molecule has 2 saturated carbocycles. The highest BCUT2D eigenvalue weighted by molar-refractivity contribution is 5.76. The zero-order chi connectivity index (χ0) is 16.0. The van der Waals surface area contributed by atoms with Crippen LogP contribution in [0.3, 0.4) is 0 Å². The zero-order valence-electron chi connectivity index (χ0n) is 14.8. The summed E-state index contributed by atoms with van der Waals surface area (Å²) in [5.74, 6) is 1.04. The Morgan fingerprint density at radius 2 is 1.95 bits per heavy atom. The van der Waals surface area contributed by atoms with E-state index in [1.807, 2.05) is 0 Å². The molecule has 2 bridgehead atoms. The number of ether oxygens (including phenoxy) is 1. The maximum absolute atomic E-state index is 12.4. The number of carbonyl (C=O) groups is 1. The van der Waals surface area contributed by atoms with Gasteiger partial charge in [-0.2, -0.15) is 0 Å². The molecule has 3 atom stereocenters. The molecule has 1 aliphatic heterocycles. The molecule has 3 rings (SSSR count). The molecule has 4 nitrogen and oxygen atoms in total. The van der Waals surface area contributed by atoms with Crippen molar-refractivity contribution in [2.24, 2.45) is 16.7 Å². The van der Waals surface area contributed by atoms with E-state index in [0.29, 0.717) is 23.3 Å². The summed E-state index contributed by atoms with van der Waals surface area (Å²) in [4.78, 5) is 12.4. The minimum atomic E-state index is 0.252. The fourth-order valence-electron chi connectivity index (χ4n) is 5.21. The van der Waals surface area contributed by atoms with Gasteiger partial charge in [-0.05, 0) is 36.0 Å². The van der Waals surface area contributed by atoms with Gasteiger partial charge in [-0.1, -0.05) is 20.8 Å². The second kappa shape index (κ2) is 5.48. The monoisotopic (exact) mass is 309 g/mol. The van der Waals surface area contributed by atoms with Gasteiger partial charge in [0.2, 0.25) is 5.91 Å². The van der Waals surface area contributed by atoms with E-state index in [0.717, 1.165) is 43.2 Å². The van der Waals surface area contributed by atoms with Gasteiger partial charge >= 0.3 is 0 Å². The Morgan fingerprint density at radius 1 is 1.27 bits per heavy atom. The second-order valence-electron chi connectivity index (χ2n) is 9.23. The molecular weight excluding hydrogens is 276 g/mol. The Bertz CT molecular complexity index is 442. The van der Waals surface area contributed by atoms with Crippen LogP contribution in [0.25, 0.3) is 0 Å². The van der Waals surface area contributed by atoms with Gasteiger partial charge in [0.05, 0.1) is 33.2 Å². The van der Waals surface area contributed by atoms with Crippen LogP contribution in [0.1, 0.15) is 46.5 Å². The molecule has 1 N–H and O–H groups in total. The Balaban J connectivity index is 1.49. The third-order valence-corrected chi connectivity index (χ3v) is 6.80. The molecule has 0 aromatic carbocycles. The number of morpholine rings is 1. The van der Waals surface area contributed by atoms with Gasteiger partial charge < -0.3 is 14.5 Å². The fraction of sp³-hybridized carbons (Fsp3) is 0.944. The molecule has 1 heterocycles. The summed E-state index contributed by atoms with van der Waals surface area (Å²) in [5.41, 5.74) is 0.781. The van der Waals surface area contributed by atoms with Crippen LogP contribution in [0.2, 0.25) is 0 Å². The minimum Gasteiger partial charge on any atom is -0.370 e. The highest BCUT2D eigenvalue weighted by atomic mass is 16.5. The van der Waals surface area contributed by atoms with Crippen molar-refractivity contribution in [3.63, 3.8) is 0 Å². The van der Waals surface area contributed by atoms with E-state index in [1.165, 1.54) is 19.3 Å². The van der Waals surface area contributed by atoms with Gasteiger partial charge in [-0.3, -0.25) is 4.79 Å². The van der Waals surface area contributed by atoms with Gasteiger partial charge in [0, 0.05) is 6.04 Å². The van der Waals surface area contributed by atoms with Crippen LogP contribution in [0, 0.1) is 16.7 Å². The quantitative estimate of drug-likeness (QED) is 0.809. The van der Waals surface area contributed by atoms with E-state index in [1.54, 1.807) is 0 Å². The molecule has 1 amide bonds. The number of carbonyl (C=O) groups excluding carboxylic acids is 1. The van der Waals surface area contributed by atoms with Crippen LogP contribution in [0.4, 0.5) is 0 Å². The summed E-state index contributed by atoms with van der Waals surface area (Å²) < 4.78 is 6.41. The Morgan fingerprint density at radius 3 is 2.50 bits per heavy atom. The van der Waals surface area contributed by atoms with Crippen molar-refractivity contribution in [3.05, 3.63) is 0 Å². The molecule has 4 heteroatoms. The normalized spacial score (nSPS) is 38.9. The molecule has 126 valence electrons. The standard InChI is InChI=1S/C18H32N2O2/c1-17(2)13-18(3)12-14(17)11-15(18)19-16(21)5-6-20(4)7-9-22-10-8-20/h14-15H,5-13H2,1-4H3/p+1/t14-,15-,18-/m1/s1. The highest BCUT2D eigenvalue weighted by Gasteiger charge is 2.57. The zero-order valence-corrected chi connectivity index (χ0v) is 14.8. The van der Waals surface area contributed by atoms with Crippen LogP contribution in [-0.4, -0.2) is 56.3 Å². The van der Waals surface area contributed by atoms with Crippen molar-refractivity contribution in [3.8, 4) is 0 Å².